The Morgan fingerprint density at radius 2 is 1.90 bits per heavy atom. The second kappa shape index (κ2) is 8.11. The first-order chi connectivity index (χ1) is 15.1. The predicted molar refractivity (Wildman–Crippen MR) is 116 cm³/mol. The molecule has 0 saturated heterocycles. The van der Waals surface area contributed by atoms with Crippen molar-refractivity contribution in [1.82, 2.24) is 15.0 Å². The van der Waals surface area contributed by atoms with Crippen LogP contribution in [0.1, 0.15) is 41.9 Å². The summed E-state index contributed by atoms with van der Waals surface area (Å²) in [6.45, 7) is 0. The normalized spacial score (nSPS) is 17.7. The number of hydrogen-bond donors (Lipinski definition) is 2. The lowest BCUT2D eigenvalue weighted by Gasteiger charge is -2.32. The zero-order valence-electron chi connectivity index (χ0n) is 16.5. The average molecular weight is 434 g/mol. The lowest BCUT2D eigenvalue weighted by molar-refractivity contribution is -0.116. The monoisotopic (exact) mass is 434 g/mol. The summed E-state index contributed by atoms with van der Waals surface area (Å²) in [6, 6.07) is 10.2. The number of nitrogens with zero attached hydrogens (tertiary/aromatic N) is 2. The van der Waals surface area contributed by atoms with E-state index >= 15 is 0 Å². The van der Waals surface area contributed by atoms with Crippen LogP contribution in [0.15, 0.2) is 70.0 Å². The van der Waals surface area contributed by atoms with Gasteiger partial charge in [-0.25, -0.2) is 9.37 Å². The van der Waals surface area contributed by atoms with Gasteiger partial charge in [0.25, 0.3) is 5.56 Å². The number of nitrogens with one attached hydrogen (secondary N) is 2. The van der Waals surface area contributed by atoms with E-state index in [1.807, 2.05) is 12.1 Å². The van der Waals surface area contributed by atoms with Crippen molar-refractivity contribution in [3.05, 3.63) is 92.9 Å². The third kappa shape index (κ3) is 3.67. The molecule has 8 heteroatoms. The number of fused-ring (bicyclic) bond motifs is 1. The van der Waals surface area contributed by atoms with Gasteiger partial charge in [-0.3, -0.25) is 14.6 Å². The van der Waals surface area contributed by atoms with Crippen molar-refractivity contribution in [3.8, 4) is 0 Å². The van der Waals surface area contributed by atoms with E-state index in [9.17, 15) is 14.0 Å². The standard InChI is InChI=1S/C23H19FN4O2S/c24-15-5-2-1-4-14(15)12-31-23-27-21-20(22(30)28-23)18(13-8-10-25-11-9-13)19-16(26-21)6-3-7-17(19)29/h1-2,4-5,8-11,18H,3,6-7,12H2,(H2,26,27,28,30)/t18-/m0/s1. The molecule has 0 saturated carbocycles. The van der Waals surface area contributed by atoms with E-state index in [1.165, 1.54) is 17.8 Å². The first-order valence-electron chi connectivity index (χ1n) is 10.1. The number of carbonyl (C=O) groups is 1. The van der Waals surface area contributed by atoms with Crippen molar-refractivity contribution >= 4 is 23.4 Å². The molecule has 0 bridgehead atoms. The number of ketones is 1. The summed E-state index contributed by atoms with van der Waals surface area (Å²) in [5.41, 5.74) is 2.96. The van der Waals surface area contributed by atoms with E-state index < -0.39 is 5.92 Å². The molecule has 2 N–H and O–H groups in total. The number of Topliss-reactive ketones (excluding diaryl/α,β-unsaturated/α-hetero) is 1. The van der Waals surface area contributed by atoms with Crippen molar-refractivity contribution in [2.24, 2.45) is 0 Å². The summed E-state index contributed by atoms with van der Waals surface area (Å²) >= 11 is 1.26. The second-order valence-electron chi connectivity index (χ2n) is 7.52. The van der Waals surface area contributed by atoms with Gasteiger partial charge < -0.3 is 10.3 Å². The number of aromatic amines is 1. The Morgan fingerprint density at radius 3 is 2.71 bits per heavy atom. The van der Waals surface area contributed by atoms with Crippen LogP contribution >= 0.6 is 11.8 Å². The number of hydrogen-bond acceptors (Lipinski definition) is 6. The largest absolute Gasteiger partial charge is 0.343 e. The molecule has 0 radical (unpaired) electrons. The molecule has 5 rings (SSSR count). The maximum Gasteiger partial charge on any atom is 0.257 e. The molecule has 156 valence electrons. The van der Waals surface area contributed by atoms with Crippen LogP contribution in [-0.2, 0) is 10.5 Å². The van der Waals surface area contributed by atoms with Crippen LogP contribution in [-0.4, -0.2) is 20.7 Å². The lowest BCUT2D eigenvalue weighted by Crippen LogP contribution is -2.32. The van der Waals surface area contributed by atoms with Crippen LogP contribution < -0.4 is 10.9 Å². The molecule has 0 spiro atoms. The van der Waals surface area contributed by atoms with Crippen molar-refractivity contribution < 1.29 is 9.18 Å². The number of rotatable bonds is 4. The molecule has 1 aromatic carbocycles. The van der Waals surface area contributed by atoms with Gasteiger partial charge in [0, 0.05) is 41.8 Å². The molecule has 3 aromatic rings. The predicted octanol–water partition coefficient (Wildman–Crippen LogP) is 4.16. The minimum Gasteiger partial charge on any atom is -0.343 e. The molecule has 1 aliphatic heterocycles. The summed E-state index contributed by atoms with van der Waals surface area (Å²) < 4.78 is 13.9. The van der Waals surface area contributed by atoms with E-state index in [4.69, 9.17) is 0 Å². The molecule has 2 aliphatic rings. The van der Waals surface area contributed by atoms with Gasteiger partial charge in [0.1, 0.15) is 11.6 Å². The smallest absolute Gasteiger partial charge is 0.257 e. The van der Waals surface area contributed by atoms with Gasteiger partial charge in [-0.15, -0.1) is 0 Å². The van der Waals surface area contributed by atoms with Crippen molar-refractivity contribution in [2.75, 3.05) is 5.32 Å². The molecule has 6 nitrogen and oxygen atoms in total. The Bertz CT molecular complexity index is 1260. The van der Waals surface area contributed by atoms with Gasteiger partial charge in [-0.2, -0.15) is 0 Å². The molecule has 0 unspecified atom stereocenters. The number of carbonyl (C=O) groups excluding carboxylic acids is 1. The fraction of sp³-hybridized carbons (Fsp3) is 0.217. The highest BCUT2D eigenvalue weighted by Crippen LogP contribution is 2.43. The maximum atomic E-state index is 13.9. The summed E-state index contributed by atoms with van der Waals surface area (Å²) in [5, 5.41) is 3.65. The Hall–Kier alpha value is -3.26. The number of allylic oxidation sites excluding steroid dienone is 2. The zero-order chi connectivity index (χ0) is 21.4. The summed E-state index contributed by atoms with van der Waals surface area (Å²) in [6.07, 6.45) is 5.28. The van der Waals surface area contributed by atoms with E-state index in [-0.39, 0.29) is 17.2 Å². The topological polar surface area (TPSA) is 87.7 Å². The first-order valence-corrected chi connectivity index (χ1v) is 11.0. The van der Waals surface area contributed by atoms with Crippen molar-refractivity contribution in [3.63, 3.8) is 0 Å². The summed E-state index contributed by atoms with van der Waals surface area (Å²) in [4.78, 5) is 37.5. The average Bonchev–Trinajstić information content (AvgIpc) is 2.78. The van der Waals surface area contributed by atoms with E-state index in [0.717, 1.165) is 24.1 Å². The maximum absolute atomic E-state index is 13.9. The first kappa shape index (κ1) is 19.7. The highest BCUT2D eigenvalue weighted by atomic mass is 32.2. The van der Waals surface area contributed by atoms with Gasteiger partial charge in [0.05, 0.1) is 5.56 Å². The van der Waals surface area contributed by atoms with Crippen LogP contribution in [0.4, 0.5) is 10.2 Å². The number of H-pyrrole nitrogens is 1. The molecule has 31 heavy (non-hydrogen) atoms. The Labute approximate surface area is 182 Å². The van der Waals surface area contributed by atoms with Gasteiger partial charge in [-0.05, 0) is 42.2 Å². The van der Waals surface area contributed by atoms with E-state index in [0.29, 0.717) is 39.8 Å². The Kier molecular flexibility index (Phi) is 5.15. The third-order valence-electron chi connectivity index (χ3n) is 5.60. The number of thioether (sulfide) groups is 1. The van der Waals surface area contributed by atoms with Gasteiger partial charge in [0.15, 0.2) is 10.9 Å². The van der Waals surface area contributed by atoms with Crippen molar-refractivity contribution in [2.45, 2.75) is 36.1 Å². The van der Waals surface area contributed by atoms with Crippen molar-refractivity contribution in [1.29, 1.82) is 0 Å². The minimum absolute atomic E-state index is 0.0543. The second-order valence-corrected chi connectivity index (χ2v) is 8.49. The summed E-state index contributed by atoms with van der Waals surface area (Å²) in [7, 11) is 0. The molecule has 3 heterocycles. The highest BCUT2D eigenvalue weighted by molar-refractivity contribution is 7.98. The number of halogens is 1. The molecule has 0 fully saturated rings. The number of aromatic nitrogens is 3. The third-order valence-corrected chi connectivity index (χ3v) is 6.52. The number of pyridine rings is 1. The fourth-order valence-corrected chi connectivity index (χ4v) is 5.01. The van der Waals surface area contributed by atoms with Crippen LogP contribution in [0.3, 0.4) is 0 Å². The lowest BCUT2D eigenvalue weighted by atomic mass is 9.77. The Morgan fingerprint density at radius 1 is 1.10 bits per heavy atom. The van der Waals surface area contributed by atoms with Crippen LogP contribution in [0.2, 0.25) is 0 Å². The van der Waals surface area contributed by atoms with Crippen LogP contribution in [0, 0.1) is 5.82 Å². The molecule has 1 aliphatic carbocycles. The SMILES string of the molecule is O=C1CCCC2=C1[C@H](c1ccncc1)c1c(nc(SCc3ccccc3F)[nH]c1=O)N2. The van der Waals surface area contributed by atoms with Gasteiger partial charge in [-0.1, -0.05) is 30.0 Å². The number of benzene rings is 1. The molecule has 0 amide bonds. The van der Waals surface area contributed by atoms with Gasteiger partial charge >= 0.3 is 0 Å². The van der Waals surface area contributed by atoms with Crippen LogP contribution in [0.5, 0.6) is 0 Å². The fourth-order valence-electron chi connectivity index (χ4n) is 4.16. The van der Waals surface area contributed by atoms with Gasteiger partial charge in [0.2, 0.25) is 0 Å². The zero-order valence-corrected chi connectivity index (χ0v) is 17.3. The van der Waals surface area contributed by atoms with E-state index in [1.54, 1.807) is 30.6 Å². The molecular weight excluding hydrogens is 415 g/mol. The quantitative estimate of drug-likeness (QED) is 0.474. The molecule has 2 aromatic heterocycles. The Balaban J connectivity index is 1.56. The molecular formula is C23H19FN4O2S. The van der Waals surface area contributed by atoms with Crippen LogP contribution in [0.25, 0.3) is 0 Å². The minimum atomic E-state index is -0.482. The number of anilines is 1. The molecule has 1 atom stereocenters. The highest BCUT2D eigenvalue weighted by Gasteiger charge is 2.37. The summed E-state index contributed by atoms with van der Waals surface area (Å²) in [5.74, 6) is 0.0773. The van der Waals surface area contributed by atoms with E-state index in [2.05, 4.69) is 20.3 Å².